The second kappa shape index (κ2) is 8.14. The lowest BCUT2D eigenvalue weighted by atomic mass is 9.90. The minimum absolute atomic E-state index is 0.0556. The van der Waals surface area contributed by atoms with Crippen LogP contribution in [0.4, 0.5) is 0 Å². The molecule has 0 aromatic carbocycles. The van der Waals surface area contributed by atoms with E-state index >= 15 is 0 Å². The number of hydrogen-bond acceptors (Lipinski definition) is 7. The number of hydrogen-bond donors (Lipinski definition) is 1. The molecular weight excluding hydrogens is 346 g/mol. The minimum atomic E-state index is -0.426. The zero-order valence-electron chi connectivity index (χ0n) is 15.3. The molecule has 2 aromatic rings. The van der Waals surface area contributed by atoms with Crippen LogP contribution in [-0.2, 0) is 9.53 Å². The van der Waals surface area contributed by atoms with E-state index in [1.807, 2.05) is 23.1 Å². The molecule has 2 aliphatic rings. The molecule has 1 atom stereocenters. The number of nitrogens with two attached hydrogens (primary N) is 1. The maximum absolute atomic E-state index is 12.7. The van der Waals surface area contributed by atoms with E-state index in [9.17, 15) is 4.79 Å². The lowest BCUT2D eigenvalue weighted by molar-refractivity contribution is -0.135. The van der Waals surface area contributed by atoms with Crippen molar-refractivity contribution in [3.63, 3.8) is 0 Å². The largest absolute Gasteiger partial charge is 0.381 e. The highest BCUT2D eigenvalue weighted by Gasteiger charge is 2.33. The molecule has 8 heteroatoms. The first-order valence-corrected chi connectivity index (χ1v) is 9.59. The van der Waals surface area contributed by atoms with Crippen LogP contribution in [0.3, 0.4) is 0 Å². The highest BCUT2D eigenvalue weighted by molar-refractivity contribution is 5.82. The summed E-state index contributed by atoms with van der Waals surface area (Å²) in [6.07, 6.45) is 5.03. The van der Waals surface area contributed by atoms with Gasteiger partial charge in [0.25, 0.3) is 0 Å². The van der Waals surface area contributed by atoms with Crippen molar-refractivity contribution in [2.24, 2.45) is 11.7 Å². The molecule has 4 rings (SSSR count). The summed E-state index contributed by atoms with van der Waals surface area (Å²) in [5.74, 6) is 1.57. The molecule has 0 radical (unpaired) electrons. The van der Waals surface area contributed by atoms with Crippen LogP contribution in [0.5, 0.6) is 0 Å². The van der Waals surface area contributed by atoms with Gasteiger partial charge in [0.1, 0.15) is 5.69 Å². The predicted octanol–water partition coefficient (Wildman–Crippen LogP) is 1.59. The van der Waals surface area contributed by atoms with Gasteiger partial charge in [-0.2, -0.15) is 4.98 Å². The van der Waals surface area contributed by atoms with Gasteiger partial charge in [0, 0.05) is 38.4 Å². The third kappa shape index (κ3) is 4.01. The first kappa shape index (κ1) is 18.1. The van der Waals surface area contributed by atoms with Crippen molar-refractivity contribution >= 4 is 5.91 Å². The molecule has 2 aromatic heterocycles. The first-order chi connectivity index (χ1) is 13.2. The van der Waals surface area contributed by atoms with Gasteiger partial charge in [0.2, 0.25) is 17.6 Å². The Bertz CT molecular complexity index is 752. The summed E-state index contributed by atoms with van der Waals surface area (Å²) < 4.78 is 10.8. The first-order valence-electron chi connectivity index (χ1n) is 9.59. The fraction of sp³-hybridized carbons (Fsp3) is 0.579. The van der Waals surface area contributed by atoms with Gasteiger partial charge in [-0.1, -0.05) is 11.2 Å². The molecule has 27 heavy (non-hydrogen) atoms. The molecule has 2 N–H and O–H groups in total. The second-order valence-electron chi connectivity index (χ2n) is 7.25. The smallest absolute Gasteiger partial charge is 0.239 e. The number of aromatic nitrogens is 3. The Kier molecular flexibility index (Phi) is 5.45. The number of piperidine rings is 1. The van der Waals surface area contributed by atoms with Crippen molar-refractivity contribution in [2.45, 2.75) is 37.6 Å². The fourth-order valence-corrected chi connectivity index (χ4v) is 3.83. The maximum Gasteiger partial charge on any atom is 0.239 e. The van der Waals surface area contributed by atoms with Crippen molar-refractivity contribution in [1.82, 2.24) is 20.0 Å². The van der Waals surface area contributed by atoms with Crippen molar-refractivity contribution in [3.8, 4) is 11.5 Å². The molecule has 2 aliphatic heterocycles. The van der Waals surface area contributed by atoms with E-state index in [2.05, 4.69) is 15.1 Å². The molecule has 144 valence electrons. The lowest BCUT2D eigenvalue weighted by Gasteiger charge is -2.35. The number of carbonyl (C=O) groups excluding carboxylic acids is 1. The van der Waals surface area contributed by atoms with Gasteiger partial charge in [-0.3, -0.25) is 9.78 Å². The van der Waals surface area contributed by atoms with Crippen LogP contribution in [0, 0.1) is 5.92 Å². The van der Waals surface area contributed by atoms with Gasteiger partial charge >= 0.3 is 0 Å². The number of nitrogens with zero attached hydrogens (tertiary/aromatic N) is 4. The molecule has 2 fully saturated rings. The topological polar surface area (TPSA) is 107 Å². The van der Waals surface area contributed by atoms with Crippen molar-refractivity contribution in [1.29, 1.82) is 0 Å². The summed E-state index contributed by atoms with van der Waals surface area (Å²) in [5.41, 5.74) is 6.94. The summed E-state index contributed by atoms with van der Waals surface area (Å²) in [6, 6.07) is 5.17. The standard InChI is InChI=1S/C19H25N5O3/c20-16(13-6-11-26-12-7-13)19(25)24-9-4-14(5-10-24)18-22-17(23-27-18)15-3-1-2-8-21-15/h1-3,8,13-14,16H,4-7,9-12,20H2. The second-order valence-corrected chi connectivity index (χ2v) is 7.25. The average molecular weight is 371 g/mol. The van der Waals surface area contributed by atoms with Crippen LogP contribution < -0.4 is 5.73 Å². The quantitative estimate of drug-likeness (QED) is 0.869. The van der Waals surface area contributed by atoms with E-state index in [-0.39, 0.29) is 17.7 Å². The number of amides is 1. The van der Waals surface area contributed by atoms with Gasteiger partial charge in [0.05, 0.1) is 6.04 Å². The van der Waals surface area contributed by atoms with Crippen LogP contribution in [0.1, 0.15) is 37.5 Å². The van der Waals surface area contributed by atoms with Gasteiger partial charge in [-0.25, -0.2) is 0 Å². The molecule has 0 saturated carbocycles. The molecule has 2 saturated heterocycles. The van der Waals surface area contributed by atoms with Crippen LogP contribution in [-0.4, -0.2) is 58.3 Å². The SMILES string of the molecule is NC(C(=O)N1CCC(c2nc(-c3ccccn3)no2)CC1)C1CCOCC1. The molecule has 1 unspecified atom stereocenters. The normalized spacial score (nSPS) is 20.6. The number of likely N-dealkylation sites (tertiary alicyclic amines) is 1. The van der Waals surface area contributed by atoms with Crippen LogP contribution >= 0.6 is 0 Å². The van der Waals surface area contributed by atoms with Crippen LogP contribution in [0.25, 0.3) is 11.5 Å². The summed E-state index contributed by atoms with van der Waals surface area (Å²) in [6.45, 7) is 2.73. The predicted molar refractivity (Wildman–Crippen MR) is 97.6 cm³/mol. The Morgan fingerprint density at radius 1 is 1.19 bits per heavy atom. The third-order valence-electron chi connectivity index (χ3n) is 5.55. The van der Waals surface area contributed by atoms with Gasteiger partial charge < -0.3 is 19.9 Å². The van der Waals surface area contributed by atoms with Gasteiger partial charge in [-0.05, 0) is 43.7 Å². The molecule has 0 aliphatic carbocycles. The van der Waals surface area contributed by atoms with Crippen molar-refractivity contribution in [3.05, 3.63) is 30.3 Å². The number of pyridine rings is 1. The summed E-state index contributed by atoms with van der Waals surface area (Å²) in [4.78, 5) is 23.4. The number of ether oxygens (including phenoxy) is 1. The zero-order valence-corrected chi connectivity index (χ0v) is 15.3. The van der Waals surface area contributed by atoms with E-state index < -0.39 is 6.04 Å². The summed E-state index contributed by atoms with van der Waals surface area (Å²) in [5, 5.41) is 4.04. The van der Waals surface area contributed by atoms with E-state index in [1.165, 1.54) is 0 Å². The summed E-state index contributed by atoms with van der Waals surface area (Å²) >= 11 is 0. The highest BCUT2D eigenvalue weighted by atomic mass is 16.5. The average Bonchev–Trinajstić information content (AvgIpc) is 3.24. The van der Waals surface area contributed by atoms with Crippen molar-refractivity contribution in [2.75, 3.05) is 26.3 Å². The number of carbonyl (C=O) groups is 1. The Morgan fingerprint density at radius 2 is 1.96 bits per heavy atom. The molecule has 0 bridgehead atoms. The fourth-order valence-electron chi connectivity index (χ4n) is 3.83. The Balaban J connectivity index is 1.33. The monoisotopic (exact) mass is 371 g/mol. The van der Waals surface area contributed by atoms with E-state index in [0.29, 0.717) is 43.7 Å². The van der Waals surface area contributed by atoms with E-state index in [4.69, 9.17) is 15.0 Å². The third-order valence-corrected chi connectivity index (χ3v) is 5.55. The zero-order chi connectivity index (χ0) is 18.6. The Morgan fingerprint density at radius 3 is 2.67 bits per heavy atom. The summed E-state index contributed by atoms with van der Waals surface area (Å²) in [7, 11) is 0. The van der Waals surface area contributed by atoms with Gasteiger partial charge in [0.15, 0.2) is 0 Å². The Hall–Kier alpha value is -2.32. The lowest BCUT2D eigenvalue weighted by Crippen LogP contribution is -2.51. The van der Waals surface area contributed by atoms with Crippen LogP contribution in [0.15, 0.2) is 28.9 Å². The van der Waals surface area contributed by atoms with Gasteiger partial charge in [-0.15, -0.1) is 0 Å². The van der Waals surface area contributed by atoms with Crippen molar-refractivity contribution < 1.29 is 14.1 Å². The Labute approximate surface area is 158 Å². The van der Waals surface area contributed by atoms with E-state index in [1.54, 1.807) is 6.20 Å². The molecule has 4 heterocycles. The number of rotatable bonds is 4. The van der Waals surface area contributed by atoms with E-state index in [0.717, 1.165) is 25.7 Å². The molecular formula is C19H25N5O3. The highest BCUT2D eigenvalue weighted by Crippen LogP contribution is 2.29. The van der Waals surface area contributed by atoms with Crippen LogP contribution in [0.2, 0.25) is 0 Å². The minimum Gasteiger partial charge on any atom is -0.381 e. The molecule has 8 nitrogen and oxygen atoms in total. The molecule has 0 spiro atoms. The molecule has 1 amide bonds. The maximum atomic E-state index is 12.7.